The first kappa shape index (κ1) is 17.7. The van der Waals surface area contributed by atoms with E-state index in [9.17, 15) is 9.59 Å². The predicted octanol–water partition coefficient (Wildman–Crippen LogP) is 1.00. The monoisotopic (exact) mass is 345 g/mol. The Morgan fingerprint density at radius 3 is 2.64 bits per heavy atom. The number of ether oxygens (including phenoxy) is 1. The van der Waals surface area contributed by atoms with Crippen molar-refractivity contribution in [2.24, 2.45) is 5.92 Å². The number of rotatable bonds is 8. The van der Waals surface area contributed by atoms with Crippen molar-refractivity contribution in [1.82, 2.24) is 16.0 Å². The van der Waals surface area contributed by atoms with Crippen molar-refractivity contribution in [3.8, 4) is 5.75 Å². The third-order valence-corrected chi connectivity index (χ3v) is 4.62. The Morgan fingerprint density at radius 1 is 1.16 bits per heavy atom. The molecule has 2 aliphatic rings. The second-order valence-electron chi connectivity index (χ2n) is 6.86. The maximum atomic E-state index is 12.1. The average Bonchev–Trinajstić information content (AvgIpc) is 3.45. The second kappa shape index (κ2) is 8.85. The van der Waals surface area contributed by atoms with Crippen molar-refractivity contribution in [1.29, 1.82) is 0 Å². The van der Waals surface area contributed by atoms with Gasteiger partial charge in [-0.15, -0.1) is 0 Å². The minimum Gasteiger partial charge on any atom is -0.484 e. The highest BCUT2D eigenvalue weighted by Gasteiger charge is 2.23. The van der Waals surface area contributed by atoms with Gasteiger partial charge >= 0.3 is 0 Å². The highest BCUT2D eigenvalue weighted by atomic mass is 16.5. The summed E-state index contributed by atoms with van der Waals surface area (Å²) >= 11 is 0. The van der Waals surface area contributed by atoms with Crippen LogP contribution in [0.4, 0.5) is 0 Å². The highest BCUT2D eigenvalue weighted by molar-refractivity contribution is 5.79. The molecule has 0 bridgehead atoms. The fraction of sp³-hybridized carbons (Fsp3) is 0.579. The molecule has 6 nitrogen and oxygen atoms in total. The zero-order chi connectivity index (χ0) is 17.5. The van der Waals surface area contributed by atoms with Gasteiger partial charge in [0, 0.05) is 19.1 Å². The van der Waals surface area contributed by atoms with Gasteiger partial charge in [0.05, 0.1) is 5.92 Å². The molecule has 1 saturated carbocycles. The minimum atomic E-state index is -0.0634. The predicted molar refractivity (Wildman–Crippen MR) is 95.4 cm³/mol. The number of piperidine rings is 1. The molecular formula is C19H27N3O3. The molecule has 25 heavy (non-hydrogen) atoms. The zero-order valence-electron chi connectivity index (χ0n) is 14.6. The van der Waals surface area contributed by atoms with Gasteiger partial charge in [0.15, 0.2) is 6.61 Å². The first-order valence-electron chi connectivity index (χ1n) is 9.20. The highest BCUT2D eigenvalue weighted by Crippen LogP contribution is 2.18. The molecule has 2 amide bonds. The molecule has 3 rings (SSSR count). The Morgan fingerprint density at radius 2 is 1.96 bits per heavy atom. The summed E-state index contributed by atoms with van der Waals surface area (Å²) in [7, 11) is 0. The molecule has 1 unspecified atom stereocenters. The van der Waals surface area contributed by atoms with Gasteiger partial charge in [-0.25, -0.2) is 0 Å². The van der Waals surface area contributed by atoms with E-state index in [1.54, 1.807) is 0 Å². The van der Waals surface area contributed by atoms with Crippen LogP contribution in [0.1, 0.15) is 31.2 Å². The quantitative estimate of drug-likeness (QED) is 0.657. The van der Waals surface area contributed by atoms with Gasteiger partial charge in [0.1, 0.15) is 5.75 Å². The summed E-state index contributed by atoms with van der Waals surface area (Å²) in [6.45, 7) is 2.49. The van der Waals surface area contributed by atoms with Crippen molar-refractivity contribution < 1.29 is 14.3 Å². The number of amides is 2. The van der Waals surface area contributed by atoms with E-state index in [0.717, 1.165) is 50.8 Å². The molecule has 1 aliphatic carbocycles. The van der Waals surface area contributed by atoms with Gasteiger partial charge in [-0.3, -0.25) is 9.59 Å². The van der Waals surface area contributed by atoms with Crippen molar-refractivity contribution in [2.45, 2.75) is 38.1 Å². The number of carbonyl (C=O) groups is 2. The molecule has 3 N–H and O–H groups in total. The Hall–Kier alpha value is -2.08. The lowest BCUT2D eigenvalue weighted by atomic mass is 9.99. The normalized spacial score (nSPS) is 19.9. The lowest BCUT2D eigenvalue weighted by Gasteiger charge is -2.21. The molecule has 1 aromatic carbocycles. The molecule has 6 heteroatoms. The molecule has 1 aliphatic heterocycles. The van der Waals surface area contributed by atoms with Gasteiger partial charge < -0.3 is 20.7 Å². The van der Waals surface area contributed by atoms with E-state index in [1.165, 1.54) is 0 Å². The fourth-order valence-electron chi connectivity index (χ4n) is 2.95. The molecule has 0 aromatic heterocycles. The molecule has 136 valence electrons. The Bertz CT molecular complexity index is 578. The summed E-state index contributed by atoms with van der Waals surface area (Å²) in [5, 5.41) is 9.17. The van der Waals surface area contributed by atoms with E-state index in [-0.39, 0.29) is 24.3 Å². The van der Waals surface area contributed by atoms with Crippen LogP contribution in [-0.2, 0) is 16.0 Å². The van der Waals surface area contributed by atoms with E-state index < -0.39 is 0 Å². The maximum Gasteiger partial charge on any atom is 0.258 e. The summed E-state index contributed by atoms with van der Waals surface area (Å²) in [5.74, 6) is 0.874. The van der Waals surface area contributed by atoms with Gasteiger partial charge in [0.25, 0.3) is 5.91 Å². The standard InChI is InChI=1S/C19H27N3O3/c23-18(22-16-5-6-16)13-25-17-7-3-14(4-8-17)9-11-21-19(24)15-2-1-10-20-12-15/h3-4,7-8,15-16,20H,1-2,5-6,9-13H2,(H,21,24)(H,22,23). The molecule has 2 fully saturated rings. The SMILES string of the molecule is O=C(COc1ccc(CCNC(=O)C2CCCNC2)cc1)NC1CC1. The molecule has 1 saturated heterocycles. The fourth-order valence-corrected chi connectivity index (χ4v) is 2.95. The third kappa shape index (κ3) is 6.05. The largest absolute Gasteiger partial charge is 0.484 e. The summed E-state index contributed by atoms with van der Waals surface area (Å²) in [6, 6.07) is 8.04. The van der Waals surface area contributed by atoms with Crippen LogP contribution in [0.25, 0.3) is 0 Å². The van der Waals surface area contributed by atoms with E-state index in [1.807, 2.05) is 24.3 Å². The van der Waals surface area contributed by atoms with Crippen molar-refractivity contribution in [3.63, 3.8) is 0 Å². The lowest BCUT2D eigenvalue weighted by Crippen LogP contribution is -2.41. The maximum absolute atomic E-state index is 12.1. The lowest BCUT2D eigenvalue weighted by molar-refractivity contribution is -0.125. The molecule has 0 spiro atoms. The first-order valence-corrected chi connectivity index (χ1v) is 9.20. The van der Waals surface area contributed by atoms with E-state index in [2.05, 4.69) is 16.0 Å². The Kier molecular flexibility index (Phi) is 6.28. The van der Waals surface area contributed by atoms with Crippen molar-refractivity contribution >= 4 is 11.8 Å². The number of carbonyl (C=O) groups excluding carboxylic acids is 2. The zero-order valence-corrected chi connectivity index (χ0v) is 14.6. The van der Waals surface area contributed by atoms with Gasteiger partial charge in [-0.2, -0.15) is 0 Å². The first-order chi connectivity index (χ1) is 12.2. The van der Waals surface area contributed by atoms with Gasteiger partial charge in [0.2, 0.25) is 5.91 Å². The number of nitrogens with one attached hydrogen (secondary N) is 3. The van der Waals surface area contributed by atoms with Crippen molar-refractivity contribution in [2.75, 3.05) is 26.2 Å². The van der Waals surface area contributed by atoms with Crippen LogP contribution in [0.3, 0.4) is 0 Å². The van der Waals surface area contributed by atoms with Crippen LogP contribution in [-0.4, -0.2) is 44.1 Å². The minimum absolute atomic E-state index is 0.0569. The summed E-state index contributed by atoms with van der Waals surface area (Å²) < 4.78 is 5.48. The molecule has 1 heterocycles. The van der Waals surface area contributed by atoms with Gasteiger partial charge in [-0.1, -0.05) is 12.1 Å². The van der Waals surface area contributed by atoms with Crippen molar-refractivity contribution in [3.05, 3.63) is 29.8 Å². The Labute approximate surface area is 148 Å². The van der Waals surface area contributed by atoms with Crippen LogP contribution in [0.2, 0.25) is 0 Å². The van der Waals surface area contributed by atoms with E-state index in [4.69, 9.17) is 4.74 Å². The van der Waals surface area contributed by atoms with Gasteiger partial charge in [-0.05, 0) is 56.3 Å². The van der Waals surface area contributed by atoms with Crippen LogP contribution in [0.15, 0.2) is 24.3 Å². The number of benzene rings is 1. The smallest absolute Gasteiger partial charge is 0.258 e. The molecule has 1 aromatic rings. The summed E-state index contributed by atoms with van der Waals surface area (Å²) in [6.07, 6.45) is 4.98. The van der Waals surface area contributed by atoms with Crippen LogP contribution < -0.4 is 20.7 Å². The number of hydrogen-bond donors (Lipinski definition) is 3. The third-order valence-electron chi connectivity index (χ3n) is 4.62. The topological polar surface area (TPSA) is 79.5 Å². The Balaban J connectivity index is 1.34. The van der Waals surface area contributed by atoms with E-state index >= 15 is 0 Å². The second-order valence-corrected chi connectivity index (χ2v) is 6.86. The summed E-state index contributed by atoms with van der Waals surface area (Å²) in [4.78, 5) is 23.7. The average molecular weight is 345 g/mol. The molecular weight excluding hydrogens is 318 g/mol. The van der Waals surface area contributed by atoms with E-state index in [0.29, 0.717) is 18.3 Å². The summed E-state index contributed by atoms with van der Waals surface area (Å²) in [5.41, 5.74) is 1.14. The molecule has 0 radical (unpaired) electrons. The van der Waals surface area contributed by atoms with Crippen LogP contribution in [0, 0.1) is 5.92 Å². The van der Waals surface area contributed by atoms with Crippen LogP contribution in [0.5, 0.6) is 5.75 Å². The molecule has 1 atom stereocenters. The van der Waals surface area contributed by atoms with Crippen LogP contribution >= 0.6 is 0 Å². The number of hydrogen-bond acceptors (Lipinski definition) is 4.